The number of nitrogens with one attached hydrogen (secondary N) is 2. The summed E-state index contributed by atoms with van der Waals surface area (Å²) in [5, 5.41) is 3.39. The van der Waals surface area contributed by atoms with Gasteiger partial charge in [-0.1, -0.05) is 37.3 Å². The summed E-state index contributed by atoms with van der Waals surface area (Å²) in [5.41, 5.74) is 5.74. The lowest BCUT2D eigenvalue weighted by Gasteiger charge is -2.34. The maximum Gasteiger partial charge on any atom is 0.223 e. The molecule has 1 fully saturated rings. The molecule has 1 spiro atoms. The van der Waals surface area contributed by atoms with Crippen molar-refractivity contribution in [1.29, 1.82) is 0 Å². The third kappa shape index (κ3) is 4.07. The first kappa shape index (κ1) is 20.2. The van der Waals surface area contributed by atoms with E-state index in [0.717, 1.165) is 55.3 Å². The van der Waals surface area contributed by atoms with E-state index in [9.17, 15) is 0 Å². The van der Waals surface area contributed by atoms with Gasteiger partial charge in [0.2, 0.25) is 5.95 Å². The average Bonchev–Trinajstić information content (AvgIpc) is 3.37. The number of nitrogens with zero attached hydrogens (tertiary/aromatic N) is 4. The molecule has 5 rings (SSSR count). The van der Waals surface area contributed by atoms with Crippen LogP contribution in [0, 0.1) is 6.92 Å². The average molecular weight is 419 g/mol. The van der Waals surface area contributed by atoms with Crippen LogP contribution in [0.3, 0.4) is 0 Å². The predicted molar refractivity (Wildman–Crippen MR) is 120 cm³/mol. The molecule has 162 valence electrons. The first-order valence-corrected chi connectivity index (χ1v) is 11.1. The normalized spacial score (nSPS) is 20.8. The van der Waals surface area contributed by atoms with E-state index in [0.29, 0.717) is 25.7 Å². The molecule has 2 aliphatic rings. The molecule has 1 atom stereocenters. The Morgan fingerprint density at radius 3 is 2.90 bits per heavy atom. The molecule has 0 amide bonds. The molecule has 3 aromatic rings. The molecule has 1 aromatic carbocycles. The number of fused-ring (bicyclic) bond motifs is 2. The zero-order valence-electron chi connectivity index (χ0n) is 18.3. The molecule has 1 saturated heterocycles. The van der Waals surface area contributed by atoms with Crippen LogP contribution < -0.4 is 5.32 Å². The summed E-state index contributed by atoms with van der Waals surface area (Å²) in [6.07, 6.45) is 3.91. The van der Waals surface area contributed by atoms with E-state index in [4.69, 9.17) is 14.7 Å². The molecule has 7 nitrogen and oxygen atoms in total. The zero-order valence-corrected chi connectivity index (χ0v) is 18.3. The summed E-state index contributed by atoms with van der Waals surface area (Å²) in [5.74, 6) is 1.76. The van der Waals surface area contributed by atoms with E-state index >= 15 is 0 Å². The zero-order chi connectivity index (χ0) is 21.3. The van der Waals surface area contributed by atoms with E-state index in [1.807, 2.05) is 12.3 Å². The van der Waals surface area contributed by atoms with Gasteiger partial charge in [0.1, 0.15) is 5.82 Å². The number of H-pyrrole nitrogens is 1. The molecule has 0 saturated carbocycles. The molecule has 0 radical (unpaired) electrons. The Hall–Kier alpha value is -2.77. The van der Waals surface area contributed by atoms with Crippen molar-refractivity contribution < 1.29 is 4.74 Å². The van der Waals surface area contributed by atoms with Gasteiger partial charge in [-0.25, -0.2) is 15.0 Å². The first-order valence-electron chi connectivity index (χ1n) is 11.1. The van der Waals surface area contributed by atoms with Crippen molar-refractivity contribution in [3.05, 3.63) is 70.6 Å². The van der Waals surface area contributed by atoms with Gasteiger partial charge < -0.3 is 15.0 Å². The predicted octanol–water partition coefficient (Wildman–Crippen LogP) is 3.36. The second-order valence-electron chi connectivity index (χ2n) is 8.75. The molecule has 2 aliphatic heterocycles. The number of anilines is 1. The van der Waals surface area contributed by atoms with Crippen molar-refractivity contribution in [3.63, 3.8) is 0 Å². The van der Waals surface area contributed by atoms with Gasteiger partial charge in [0.15, 0.2) is 0 Å². The molecule has 2 aromatic heterocycles. The van der Waals surface area contributed by atoms with Crippen LogP contribution in [0.25, 0.3) is 0 Å². The standard InChI is InChI=1S/C24H30N6O/c1-3-21-27-17(2)20(28-21)13-30-10-9-24(15-30)16-31-14-19-12-26-23(29-22(19)24)25-11-18-7-5-4-6-8-18/h4-8,12H,3,9-11,13-16H2,1-2H3,(H,27,28)(H,25,26,29)/t24-/m0/s1. The fraction of sp³-hybridized carbons (Fsp3) is 0.458. The van der Waals surface area contributed by atoms with Crippen LogP contribution in [0.5, 0.6) is 0 Å². The summed E-state index contributed by atoms with van der Waals surface area (Å²) < 4.78 is 6.00. The summed E-state index contributed by atoms with van der Waals surface area (Å²) >= 11 is 0. The second-order valence-corrected chi connectivity index (χ2v) is 8.75. The largest absolute Gasteiger partial charge is 0.376 e. The Kier molecular flexibility index (Phi) is 5.46. The maximum atomic E-state index is 6.00. The van der Waals surface area contributed by atoms with E-state index in [-0.39, 0.29) is 5.41 Å². The lowest BCUT2D eigenvalue weighted by atomic mass is 9.80. The number of rotatable bonds is 6. The van der Waals surface area contributed by atoms with Gasteiger partial charge in [-0.15, -0.1) is 0 Å². The Bertz CT molecular complexity index is 1050. The third-order valence-electron chi connectivity index (χ3n) is 6.47. The van der Waals surface area contributed by atoms with Crippen molar-refractivity contribution >= 4 is 5.95 Å². The second kappa shape index (κ2) is 8.40. The van der Waals surface area contributed by atoms with Gasteiger partial charge in [-0.05, 0) is 25.5 Å². The Morgan fingerprint density at radius 1 is 1.23 bits per heavy atom. The number of aromatic amines is 1. The Morgan fingerprint density at radius 2 is 2.10 bits per heavy atom. The fourth-order valence-corrected chi connectivity index (χ4v) is 4.76. The van der Waals surface area contributed by atoms with Crippen LogP contribution in [-0.2, 0) is 36.3 Å². The van der Waals surface area contributed by atoms with Gasteiger partial charge in [-0.2, -0.15) is 0 Å². The van der Waals surface area contributed by atoms with Crippen molar-refractivity contribution in [2.45, 2.75) is 51.8 Å². The number of likely N-dealkylation sites (tertiary alicyclic amines) is 1. The van der Waals surface area contributed by atoms with Crippen LogP contribution in [0.4, 0.5) is 5.95 Å². The molecule has 2 N–H and O–H groups in total. The number of ether oxygens (including phenoxy) is 1. The van der Waals surface area contributed by atoms with Crippen LogP contribution >= 0.6 is 0 Å². The quantitative estimate of drug-likeness (QED) is 0.639. The Balaban J connectivity index is 1.33. The van der Waals surface area contributed by atoms with E-state index in [1.165, 1.54) is 11.3 Å². The summed E-state index contributed by atoms with van der Waals surface area (Å²) in [4.78, 5) is 20.2. The van der Waals surface area contributed by atoms with Crippen molar-refractivity contribution in [1.82, 2.24) is 24.8 Å². The minimum atomic E-state index is -0.0719. The number of hydrogen-bond acceptors (Lipinski definition) is 6. The number of benzene rings is 1. The molecule has 4 heterocycles. The molecular weight excluding hydrogens is 388 g/mol. The monoisotopic (exact) mass is 418 g/mol. The highest BCUT2D eigenvalue weighted by molar-refractivity contribution is 5.37. The van der Waals surface area contributed by atoms with Crippen molar-refractivity contribution in [2.75, 3.05) is 25.0 Å². The number of hydrogen-bond donors (Lipinski definition) is 2. The summed E-state index contributed by atoms with van der Waals surface area (Å²) in [6, 6.07) is 10.3. The highest BCUT2D eigenvalue weighted by atomic mass is 16.5. The maximum absolute atomic E-state index is 6.00. The lowest BCUT2D eigenvalue weighted by molar-refractivity contribution is 0.0502. The minimum Gasteiger partial charge on any atom is -0.376 e. The molecule has 0 aliphatic carbocycles. The van der Waals surface area contributed by atoms with Crippen LogP contribution in [0.15, 0.2) is 36.5 Å². The topological polar surface area (TPSA) is 79.0 Å². The summed E-state index contributed by atoms with van der Waals surface area (Å²) in [7, 11) is 0. The van der Waals surface area contributed by atoms with Crippen molar-refractivity contribution in [3.8, 4) is 0 Å². The van der Waals surface area contributed by atoms with Gasteiger partial charge in [0.05, 0.1) is 30.0 Å². The van der Waals surface area contributed by atoms with E-state index < -0.39 is 0 Å². The third-order valence-corrected chi connectivity index (χ3v) is 6.47. The number of aryl methyl sites for hydroxylation is 2. The molecule has 0 unspecified atom stereocenters. The first-order chi connectivity index (χ1) is 15.1. The van der Waals surface area contributed by atoms with Crippen LogP contribution in [0.1, 0.15) is 47.4 Å². The SMILES string of the molecule is CCc1nc(CN2CC[C@@]3(COCc4cnc(NCc5ccccc5)nc43)C2)c(C)[nH]1. The molecule has 31 heavy (non-hydrogen) atoms. The van der Waals surface area contributed by atoms with Gasteiger partial charge >= 0.3 is 0 Å². The van der Waals surface area contributed by atoms with Crippen LogP contribution in [0.2, 0.25) is 0 Å². The van der Waals surface area contributed by atoms with E-state index in [2.05, 4.69) is 58.3 Å². The van der Waals surface area contributed by atoms with Crippen molar-refractivity contribution in [2.24, 2.45) is 0 Å². The minimum absolute atomic E-state index is 0.0719. The molecular formula is C24H30N6O. The van der Waals surface area contributed by atoms with Gasteiger partial charge in [0, 0.05) is 43.5 Å². The highest BCUT2D eigenvalue weighted by Gasteiger charge is 2.45. The van der Waals surface area contributed by atoms with E-state index in [1.54, 1.807) is 0 Å². The molecule has 7 heteroatoms. The molecule has 0 bridgehead atoms. The lowest BCUT2D eigenvalue weighted by Crippen LogP contribution is -2.40. The van der Waals surface area contributed by atoms with Gasteiger partial charge in [-0.3, -0.25) is 4.90 Å². The van der Waals surface area contributed by atoms with Crippen LogP contribution in [-0.4, -0.2) is 44.5 Å². The smallest absolute Gasteiger partial charge is 0.223 e. The summed E-state index contributed by atoms with van der Waals surface area (Å²) in [6.45, 7) is 9.09. The number of aromatic nitrogens is 4. The van der Waals surface area contributed by atoms with Gasteiger partial charge in [0.25, 0.3) is 0 Å². The fourth-order valence-electron chi connectivity index (χ4n) is 4.76. The Labute approximate surface area is 183 Å². The number of imidazole rings is 1. The highest BCUT2D eigenvalue weighted by Crippen LogP contribution is 2.39.